The number of hydrogen-bond donors (Lipinski definition) is 1. The summed E-state index contributed by atoms with van der Waals surface area (Å²) in [6, 6.07) is 8.97. The van der Waals surface area contributed by atoms with E-state index in [4.69, 9.17) is 0 Å². The van der Waals surface area contributed by atoms with Crippen LogP contribution in [0, 0.1) is 0 Å². The van der Waals surface area contributed by atoms with Crippen LogP contribution in [0.2, 0.25) is 0 Å². The fraction of sp³-hybridized carbons (Fsp3) is 0.462. The van der Waals surface area contributed by atoms with Crippen LogP contribution in [0.5, 0.6) is 0 Å². The first kappa shape index (κ1) is 15.7. The predicted octanol–water partition coefficient (Wildman–Crippen LogP) is 0.974. The molecule has 1 amide bonds. The number of carbonyl (C=O) groups is 1. The van der Waals surface area contributed by atoms with Crippen molar-refractivity contribution in [1.82, 2.24) is 9.62 Å². The molecule has 19 heavy (non-hydrogen) atoms. The van der Waals surface area contributed by atoms with Gasteiger partial charge in [0.2, 0.25) is 15.9 Å². The van der Waals surface area contributed by atoms with Gasteiger partial charge < -0.3 is 5.32 Å². The Morgan fingerprint density at radius 1 is 1.26 bits per heavy atom. The van der Waals surface area contributed by atoms with Gasteiger partial charge in [0.25, 0.3) is 0 Å². The third-order valence-corrected chi connectivity index (χ3v) is 4.45. The number of nitrogens with one attached hydrogen (secondary N) is 1. The van der Waals surface area contributed by atoms with Crippen molar-refractivity contribution in [2.45, 2.75) is 19.1 Å². The molecule has 0 saturated carbocycles. The highest BCUT2D eigenvalue weighted by atomic mass is 32.2. The monoisotopic (exact) mass is 284 g/mol. The van der Waals surface area contributed by atoms with Gasteiger partial charge in [-0.15, -0.1) is 0 Å². The lowest BCUT2D eigenvalue weighted by Crippen LogP contribution is -2.40. The summed E-state index contributed by atoms with van der Waals surface area (Å²) in [6.45, 7) is 2.11. The maximum atomic E-state index is 12.3. The maximum Gasteiger partial charge on any atom is 0.235 e. The van der Waals surface area contributed by atoms with Crippen molar-refractivity contribution in [2.24, 2.45) is 0 Å². The number of benzene rings is 1. The molecule has 0 fully saturated rings. The van der Waals surface area contributed by atoms with Crippen molar-refractivity contribution in [3.63, 3.8) is 0 Å². The molecule has 0 saturated heterocycles. The van der Waals surface area contributed by atoms with E-state index in [1.807, 2.05) is 13.0 Å². The van der Waals surface area contributed by atoms with Crippen LogP contribution in [0.4, 0.5) is 0 Å². The topological polar surface area (TPSA) is 66.5 Å². The van der Waals surface area contributed by atoms with Crippen molar-refractivity contribution in [2.75, 3.05) is 20.1 Å². The number of hydrogen-bond acceptors (Lipinski definition) is 3. The van der Waals surface area contributed by atoms with Gasteiger partial charge in [-0.25, -0.2) is 8.42 Å². The van der Waals surface area contributed by atoms with Gasteiger partial charge in [-0.3, -0.25) is 4.79 Å². The largest absolute Gasteiger partial charge is 0.358 e. The average Bonchev–Trinajstić information content (AvgIpc) is 2.38. The molecule has 5 nitrogen and oxygen atoms in total. The van der Waals surface area contributed by atoms with E-state index < -0.39 is 10.0 Å². The molecule has 1 aromatic rings. The Morgan fingerprint density at radius 2 is 1.89 bits per heavy atom. The highest BCUT2D eigenvalue weighted by Gasteiger charge is 2.23. The summed E-state index contributed by atoms with van der Waals surface area (Å²) >= 11 is 0. The molecule has 0 atom stereocenters. The van der Waals surface area contributed by atoms with E-state index in [9.17, 15) is 13.2 Å². The molecule has 106 valence electrons. The van der Waals surface area contributed by atoms with E-state index in [0.717, 1.165) is 5.56 Å². The van der Waals surface area contributed by atoms with Crippen molar-refractivity contribution < 1.29 is 13.2 Å². The minimum atomic E-state index is -3.47. The number of sulfonamides is 1. The minimum absolute atomic E-state index is 0.0785. The molecule has 6 heteroatoms. The summed E-state index contributed by atoms with van der Waals surface area (Å²) in [4.78, 5) is 11.4. The second-order valence-corrected chi connectivity index (χ2v) is 6.22. The molecule has 0 bridgehead atoms. The standard InChI is InChI=1S/C13H20N2O3S/c1-3-9-15(10-13(16)14-2)19(17,18)11-12-7-5-4-6-8-12/h4-8H,3,9-11H2,1-2H3,(H,14,16). The number of rotatable bonds is 7. The molecule has 1 aromatic carbocycles. The van der Waals surface area contributed by atoms with Crippen LogP contribution in [-0.2, 0) is 20.6 Å². The Hall–Kier alpha value is -1.40. The van der Waals surface area contributed by atoms with Crippen molar-refractivity contribution >= 4 is 15.9 Å². The van der Waals surface area contributed by atoms with E-state index in [-0.39, 0.29) is 18.2 Å². The quantitative estimate of drug-likeness (QED) is 0.811. The molecule has 0 heterocycles. The second kappa shape index (κ2) is 7.25. The van der Waals surface area contributed by atoms with Gasteiger partial charge in [0.05, 0.1) is 12.3 Å². The van der Waals surface area contributed by atoms with E-state index in [1.54, 1.807) is 24.3 Å². The third-order valence-electron chi connectivity index (χ3n) is 2.66. The second-order valence-electron chi connectivity index (χ2n) is 4.25. The zero-order valence-electron chi connectivity index (χ0n) is 11.3. The van der Waals surface area contributed by atoms with E-state index in [2.05, 4.69) is 5.32 Å². The van der Waals surface area contributed by atoms with Crippen LogP contribution >= 0.6 is 0 Å². The lowest BCUT2D eigenvalue weighted by molar-refractivity contribution is -0.120. The summed E-state index contributed by atoms with van der Waals surface area (Å²) in [5, 5.41) is 2.44. The predicted molar refractivity (Wildman–Crippen MR) is 75.0 cm³/mol. The number of nitrogens with zero attached hydrogens (tertiary/aromatic N) is 1. The first-order valence-electron chi connectivity index (χ1n) is 6.22. The summed E-state index contributed by atoms with van der Waals surface area (Å²) in [5.74, 6) is -0.379. The average molecular weight is 284 g/mol. The van der Waals surface area contributed by atoms with Crippen molar-refractivity contribution in [1.29, 1.82) is 0 Å². The highest BCUT2D eigenvalue weighted by molar-refractivity contribution is 7.88. The molecule has 0 aromatic heterocycles. The molecular formula is C13H20N2O3S. The van der Waals surface area contributed by atoms with Gasteiger partial charge in [0.15, 0.2) is 0 Å². The summed E-state index contributed by atoms with van der Waals surface area (Å²) in [6.07, 6.45) is 0.672. The molecular weight excluding hydrogens is 264 g/mol. The molecule has 0 spiro atoms. The fourth-order valence-corrected chi connectivity index (χ4v) is 3.25. The molecule has 0 aliphatic carbocycles. The minimum Gasteiger partial charge on any atom is -0.358 e. The van der Waals surface area contributed by atoms with Crippen LogP contribution in [-0.4, -0.2) is 38.8 Å². The Balaban J connectivity index is 2.84. The van der Waals surface area contributed by atoms with Gasteiger partial charge in [-0.05, 0) is 12.0 Å². The first-order chi connectivity index (χ1) is 8.99. The Bertz CT molecular complexity index is 500. The van der Waals surface area contributed by atoms with E-state index in [0.29, 0.717) is 13.0 Å². The lowest BCUT2D eigenvalue weighted by Gasteiger charge is -2.20. The van der Waals surface area contributed by atoms with Crippen LogP contribution in [0.3, 0.4) is 0 Å². The third kappa shape index (κ3) is 5.00. The Kier molecular flexibility index (Phi) is 5.98. The SMILES string of the molecule is CCCN(CC(=O)NC)S(=O)(=O)Cc1ccccc1. The van der Waals surface area contributed by atoms with E-state index in [1.165, 1.54) is 11.4 Å². The smallest absolute Gasteiger partial charge is 0.235 e. The Labute approximate surface area is 114 Å². The van der Waals surface area contributed by atoms with Gasteiger partial charge in [-0.1, -0.05) is 37.3 Å². The number of amides is 1. The maximum absolute atomic E-state index is 12.3. The fourth-order valence-electron chi connectivity index (χ4n) is 1.68. The van der Waals surface area contributed by atoms with Gasteiger partial charge >= 0.3 is 0 Å². The normalized spacial score (nSPS) is 11.5. The number of likely N-dealkylation sites (N-methyl/N-ethyl adjacent to an activating group) is 1. The molecule has 1 rings (SSSR count). The summed E-state index contributed by atoms with van der Waals surface area (Å²) < 4.78 is 25.8. The first-order valence-corrected chi connectivity index (χ1v) is 7.83. The number of carbonyl (C=O) groups excluding carboxylic acids is 1. The molecule has 0 aliphatic rings. The molecule has 0 unspecified atom stereocenters. The molecule has 0 radical (unpaired) electrons. The zero-order chi connectivity index (χ0) is 14.3. The van der Waals surface area contributed by atoms with Gasteiger partial charge in [0.1, 0.15) is 0 Å². The van der Waals surface area contributed by atoms with Gasteiger partial charge in [-0.2, -0.15) is 4.31 Å². The summed E-state index contributed by atoms with van der Waals surface area (Å²) in [5.41, 5.74) is 0.723. The van der Waals surface area contributed by atoms with Crippen molar-refractivity contribution in [3.8, 4) is 0 Å². The van der Waals surface area contributed by atoms with Crippen molar-refractivity contribution in [3.05, 3.63) is 35.9 Å². The molecule has 0 aliphatic heterocycles. The van der Waals surface area contributed by atoms with Crippen LogP contribution in [0.15, 0.2) is 30.3 Å². The summed E-state index contributed by atoms with van der Waals surface area (Å²) in [7, 11) is -1.97. The van der Waals surface area contributed by atoms with E-state index >= 15 is 0 Å². The van der Waals surface area contributed by atoms with Crippen LogP contribution in [0.1, 0.15) is 18.9 Å². The molecule has 1 N–H and O–H groups in total. The highest BCUT2D eigenvalue weighted by Crippen LogP contribution is 2.11. The zero-order valence-corrected chi connectivity index (χ0v) is 12.1. The van der Waals surface area contributed by atoms with Gasteiger partial charge in [0, 0.05) is 13.6 Å². The van der Waals surface area contributed by atoms with Crippen LogP contribution in [0.25, 0.3) is 0 Å². The van der Waals surface area contributed by atoms with Crippen LogP contribution < -0.4 is 5.32 Å². The Morgan fingerprint density at radius 3 is 2.42 bits per heavy atom. The lowest BCUT2D eigenvalue weighted by atomic mass is 10.2.